The van der Waals surface area contributed by atoms with Crippen molar-refractivity contribution in [1.82, 2.24) is 4.98 Å². The van der Waals surface area contributed by atoms with E-state index in [9.17, 15) is 4.39 Å². The van der Waals surface area contributed by atoms with Gasteiger partial charge in [0.15, 0.2) is 0 Å². The average molecular weight is 373 g/mol. The van der Waals surface area contributed by atoms with Crippen LogP contribution in [-0.2, 0) is 0 Å². The van der Waals surface area contributed by atoms with Crippen molar-refractivity contribution in [3.63, 3.8) is 0 Å². The highest BCUT2D eigenvalue weighted by atomic mass is 79.9. The van der Waals surface area contributed by atoms with Crippen LogP contribution in [0.1, 0.15) is 20.8 Å². The second-order valence-electron chi connectivity index (χ2n) is 6.55. The SMILES string of the molecule is CC(C)(C)Nc1nc2ccccc2c(Br)c1-c1ccc(F)cc1. The number of nitrogens with zero attached hydrogens (tertiary/aromatic N) is 1. The van der Waals surface area contributed by atoms with Gasteiger partial charge in [0.2, 0.25) is 0 Å². The molecule has 2 nitrogen and oxygen atoms in total. The topological polar surface area (TPSA) is 24.9 Å². The third kappa shape index (κ3) is 3.37. The summed E-state index contributed by atoms with van der Waals surface area (Å²) >= 11 is 3.72. The lowest BCUT2D eigenvalue weighted by molar-refractivity contribution is 0.627. The summed E-state index contributed by atoms with van der Waals surface area (Å²) in [4.78, 5) is 4.79. The van der Waals surface area contributed by atoms with E-state index < -0.39 is 0 Å². The molecular formula is C19H18BrFN2. The molecule has 118 valence electrons. The number of halogens is 2. The summed E-state index contributed by atoms with van der Waals surface area (Å²) < 4.78 is 14.2. The Hall–Kier alpha value is -1.94. The van der Waals surface area contributed by atoms with Crippen molar-refractivity contribution in [3.05, 3.63) is 58.8 Å². The summed E-state index contributed by atoms with van der Waals surface area (Å²) in [5, 5.41) is 4.49. The minimum absolute atomic E-state index is 0.135. The van der Waals surface area contributed by atoms with Crippen molar-refractivity contribution in [2.45, 2.75) is 26.3 Å². The van der Waals surface area contributed by atoms with Crippen LogP contribution in [0.15, 0.2) is 53.0 Å². The molecule has 1 N–H and O–H groups in total. The molecule has 2 aromatic carbocycles. The molecular weight excluding hydrogens is 355 g/mol. The van der Waals surface area contributed by atoms with Gasteiger partial charge in [-0.3, -0.25) is 0 Å². The van der Waals surface area contributed by atoms with Gasteiger partial charge in [0, 0.05) is 21.0 Å². The first-order valence-electron chi connectivity index (χ1n) is 7.47. The minimum atomic E-state index is -0.246. The van der Waals surface area contributed by atoms with Crippen LogP contribution in [0.2, 0.25) is 0 Å². The Morgan fingerprint density at radius 3 is 2.30 bits per heavy atom. The fourth-order valence-electron chi connectivity index (χ4n) is 2.50. The Bertz CT molecular complexity index is 852. The number of benzene rings is 2. The van der Waals surface area contributed by atoms with Gasteiger partial charge in [-0.25, -0.2) is 9.37 Å². The molecule has 3 aromatic rings. The number of nitrogens with one attached hydrogen (secondary N) is 1. The Kier molecular flexibility index (Phi) is 4.11. The van der Waals surface area contributed by atoms with E-state index >= 15 is 0 Å². The maximum Gasteiger partial charge on any atom is 0.136 e. The monoisotopic (exact) mass is 372 g/mol. The van der Waals surface area contributed by atoms with E-state index in [0.29, 0.717) is 0 Å². The molecule has 0 amide bonds. The highest BCUT2D eigenvalue weighted by Gasteiger charge is 2.19. The highest BCUT2D eigenvalue weighted by molar-refractivity contribution is 9.10. The number of anilines is 1. The summed E-state index contributed by atoms with van der Waals surface area (Å²) in [6.07, 6.45) is 0. The molecule has 0 fully saturated rings. The maximum absolute atomic E-state index is 13.3. The maximum atomic E-state index is 13.3. The molecule has 0 unspecified atom stereocenters. The van der Waals surface area contributed by atoms with Gasteiger partial charge in [0.1, 0.15) is 11.6 Å². The van der Waals surface area contributed by atoms with Gasteiger partial charge in [-0.15, -0.1) is 0 Å². The zero-order chi connectivity index (χ0) is 16.6. The van der Waals surface area contributed by atoms with Gasteiger partial charge in [0.05, 0.1) is 5.52 Å². The van der Waals surface area contributed by atoms with E-state index in [1.807, 2.05) is 24.3 Å². The molecule has 1 heterocycles. The van der Waals surface area contributed by atoms with Gasteiger partial charge in [-0.1, -0.05) is 30.3 Å². The molecule has 23 heavy (non-hydrogen) atoms. The third-order valence-electron chi connectivity index (χ3n) is 3.46. The Labute approximate surface area is 143 Å². The van der Waals surface area contributed by atoms with Crippen LogP contribution in [-0.4, -0.2) is 10.5 Å². The first kappa shape index (κ1) is 15.9. The average Bonchev–Trinajstić information content (AvgIpc) is 2.47. The van der Waals surface area contributed by atoms with Crippen LogP contribution in [0.3, 0.4) is 0 Å². The molecule has 0 aliphatic carbocycles. The number of rotatable bonds is 2. The molecule has 0 spiro atoms. The summed E-state index contributed by atoms with van der Waals surface area (Å²) in [6, 6.07) is 14.5. The van der Waals surface area contributed by atoms with Crippen LogP contribution in [0.4, 0.5) is 10.2 Å². The summed E-state index contributed by atoms with van der Waals surface area (Å²) in [5.74, 6) is 0.540. The minimum Gasteiger partial charge on any atom is -0.365 e. The van der Waals surface area contributed by atoms with Crippen molar-refractivity contribution >= 4 is 32.7 Å². The zero-order valence-corrected chi connectivity index (χ0v) is 14.9. The molecule has 0 atom stereocenters. The van der Waals surface area contributed by atoms with Crippen molar-refractivity contribution in [2.24, 2.45) is 0 Å². The predicted molar refractivity (Wildman–Crippen MR) is 98.2 cm³/mol. The van der Waals surface area contributed by atoms with Crippen LogP contribution in [0.5, 0.6) is 0 Å². The number of para-hydroxylation sites is 1. The van der Waals surface area contributed by atoms with E-state index in [4.69, 9.17) is 4.98 Å². The van der Waals surface area contributed by atoms with E-state index in [1.165, 1.54) is 12.1 Å². The van der Waals surface area contributed by atoms with Crippen LogP contribution < -0.4 is 5.32 Å². The molecule has 0 aliphatic rings. The van der Waals surface area contributed by atoms with Crippen molar-refractivity contribution in [1.29, 1.82) is 0 Å². The lowest BCUT2D eigenvalue weighted by Crippen LogP contribution is -2.27. The van der Waals surface area contributed by atoms with E-state index in [1.54, 1.807) is 12.1 Å². The Morgan fingerprint density at radius 1 is 1.00 bits per heavy atom. The van der Waals surface area contributed by atoms with Gasteiger partial charge in [-0.05, 0) is 60.5 Å². The fourth-order valence-corrected chi connectivity index (χ4v) is 3.25. The Balaban J connectivity index is 2.29. The molecule has 1 aromatic heterocycles. The summed E-state index contributed by atoms with van der Waals surface area (Å²) in [5.41, 5.74) is 2.64. The molecule has 0 bridgehead atoms. The normalized spacial score (nSPS) is 11.7. The number of fused-ring (bicyclic) bond motifs is 1. The number of aromatic nitrogens is 1. The quantitative estimate of drug-likeness (QED) is 0.595. The van der Waals surface area contributed by atoms with Crippen LogP contribution >= 0.6 is 15.9 Å². The molecule has 0 aliphatic heterocycles. The van der Waals surface area contributed by atoms with E-state index in [-0.39, 0.29) is 11.4 Å². The molecule has 0 saturated carbocycles. The number of hydrogen-bond donors (Lipinski definition) is 1. The van der Waals surface area contributed by atoms with Gasteiger partial charge in [-0.2, -0.15) is 0 Å². The van der Waals surface area contributed by atoms with Crippen molar-refractivity contribution < 1.29 is 4.39 Å². The molecule has 3 rings (SSSR count). The molecule has 4 heteroatoms. The number of pyridine rings is 1. The molecule has 0 saturated heterocycles. The largest absolute Gasteiger partial charge is 0.365 e. The highest BCUT2D eigenvalue weighted by Crippen LogP contribution is 2.39. The van der Waals surface area contributed by atoms with Crippen LogP contribution in [0, 0.1) is 5.82 Å². The van der Waals surface area contributed by atoms with E-state index in [0.717, 1.165) is 32.3 Å². The third-order valence-corrected chi connectivity index (χ3v) is 4.28. The summed E-state index contributed by atoms with van der Waals surface area (Å²) in [7, 11) is 0. The van der Waals surface area contributed by atoms with Gasteiger partial charge < -0.3 is 5.32 Å². The van der Waals surface area contributed by atoms with Crippen molar-refractivity contribution in [3.8, 4) is 11.1 Å². The number of hydrogen-bond acceptors (Lipinski definition) is 2. The fraction of sp³-hybridized carbons (Fsp3) is 0.211. The van der Waals surface area contributed by atoms with Gasteiger partial charge >= 0.3 is 0 Å². The lowest BCUT2D eigenvalue weighted by Gasteiger charge is -2.24. The standard InChI is InChI=1S/C19H18BrFN2/c1-19(2,3)23-18-16(12-8-10-13(21)11-9-12)17(20)14-6-4-5-7-15(14)22-18/h4-11H,1-3H3,(H,22,23). The van der Waals surface area contributed by atoms with Crippen LogP contribution in [0.25, 0.3) is 22.0 Å². The summed E-state index contributed by atoms with van der Waals surface area (Å²) in [6.45, 7) is 6.27. The van der Waals surface area contributed by atoms with E-state index in [2.05, 4.69) is 42.0 Å². The zero-order valence-electron chi connectivity index (χ0n) is 13.3. The predicted octanol–water partition coefficient (Wildman–Crippen LogP) is 6.01. The smallest absolute Gasteiger partial charge is 0.136 e. The van der Waals surface area contributed by atoms with Gasteiger partial charge in [0.25, 0.3) is 0 Å². The second kappa shape index (κ2) is 5.93. The lowest BCUT2D eigenvalue weighted by atomic mass is 10.0. The Morgan fingerprint density at radius 2 is 1.65 bits per heavy atom. The first-order valence-corrected chi connectivity index (χ1v) is 8.27. The molecule has 0 radical (unpaired) electrons. The second-order valence-corrected chi connectivity index (χ2v) is 7.34. The first-order chi connectivity index (χ1) is 10.8. The van der Waals surface area contributed by atoms with Crippen molar-refractivity contribution in [2.75, 3.05) is 5.32 Å².